The van der Waals surface area contributed by atoms with Gasteiger partial charge in [0, 0.05) is 54.5 Å². The molecule has 3 atom stereocenters. The van der Waals surface area contributed by atoms with Gasteiger partial charge in [-0.1, -0.05) is 29.3 Å². The predicted octanol–water partition coefficient (Wildman–Crippen LogP) is 3.01. The van der Waals surface area contributed by atoms with E-state index in [2.05, 4.69) is 0 Å². The molecule has 1 aliphatic heterocycles. The van der Waals surface area contributed by atoms with Gasteiger partial charge in [0.2, 0.25) is 5.91 Å². The van der Waals surface area contributed by atoms with Crippen molar-refractivity contribution in [1.29, 1.82) is 0 Å². The molecule has 0 aliphatic carbocycles. The lowest BCUT2D eigenvalue weighted by atomic mass is 10.1. The number of carbonyl (C=O) groups excluding carboxylic acids is 2. The standard InChI is InChI=1S/C27H31Cl2FN2O6/c28-20-7-3-18(22(29)15-20)6-10-25(35)31-11-1-2-14-38-17-24(34)26(36)23(33)16-32(13-12-31)27(37)19-4-8-21(30)9-5-19/h3-10,15,23-24,26,33-34,36H,1-2,11-14,16-17H2/b10-6+/t23-,24+,26+/m0/s1. The number of carbonyl (C=O) groups is 2. The Hall–Kier alpha value is -2.53. The number of nitrogens with zero attached hydrogens (tertiary/aromatic N) is 2. The summed E-state index contributed by atoms with van der Waals surface area (Å²) in [6.45, 7) is 0.287. The SMILES string of the molecule is O=C(/C=C/c1ccc(Cl)cc1Cl)N1CCCCOC[C@@H](O)[C@H](O)[C@@H](O)CN(C(=O)c2ccc(F)cc2)CC1. The number of hydrogen-bond donors (Lipinski definition) is 3. The maximum absolute atomic E-state index is 13.4. The van der Waals surface area contributed by atoms with E-state index in [0.717, 1.165) is 12.1 Å². The lowest BCUT2D eigenvalue weighted by molar-refractivity contribution is -0.126. The number of β-amino-alcohol motifs (C(OH)–C–C–N with tert-alkyl or cyclic N) is 1. The second-order valence-electron chi connectivity index (χ2n) is 8.99. The Morgan fingerprint density at radius 2 is 1.66 bits per heavy atom. The number of hydrogen-bond acceptors (Lipinski definition) is 6. The first-order chi connectivity index (χ1) is 18.2. The monoisotopic (exact) mass is 568 g/mol. The Morgan fingerprint density at radius 3 is 2.37 bits per heavy atom. The van der Waals surface area contributed by atoms with Gasteiger partial charge in [-0.2, -0.15) is 0 Å². The molecule has 0 radical (unpaired) electrons. The van der Waals surface area contributed by atoms with Crippen molar-refractivity contribution in [2.75, 3.05) is 39.4 Å². The van der Waals surface area contributed by atoms with Gasteiger partial charge in [-0.25, -0.2) is 4.39 Å². The molecule has 1 fully saturated rings. The first-order valence-electron chi connectivity index (χ1n) is 12.2. The van der Waals surface area contributed by atoms with Crippen molar-refractivity contribution in [1.82, 2.24) is 9.80 Å². The van der Waals surface area contributed by atoms with Gasteiger partial charge in [-0.05, 0) is 60.9 Å². The average Bonchev–Trinajstić information content (AvgIpc) is 2.89. The van der Waals surface area contributed by atoms with Crippen molar-refractivity contribution in [3.8, 4) is 0 Å². The summed E-state index contributed by atoms with van der Waals surface area (Å²) in [6, 6.07) is 9.85. The van der Waals surface area contributed by atoms with E-state index in [-0.39, 0.29) is 37.7 Å². The molecule has 1 aliphatic rings. The molecule has 1 heterocycles. The summed E-state index contributed by atoms with van der Waals surface area (Å²) in [5.74, 6) is -1.34. The molecule has 2 aromatic rings. The summed E-state index contributed by atoms with van der Waals surface area (Å²) in [6.07, 6.45) is -0.259. The van der Waals surface area contributed by atoms with Crippen molar-refractivity contribution in [2.24, 2.45) is 0 Å². The fourth-order valence-corrected chi connectivity index (χ4v) is 4.40. The zero-order valence-electron chi connectivity index (χ0n) is 20.7. The largest absolute Gasteiger partial charge is 0.388 e. The molecule has 0 unspecified atom stereocenters. The number of aliphatic hydroxyl groups is 3. The zero-order chi connectivity index (χ0) is 27.7. The Morgan fingerprint density at radius 1 is 0.947 bits per heavy atom. The van der Waals surface area contributed by atoms with Crippen molar-refractivity contribution in [3.05, 3.63) is 75.5 Å². The fraction of sp³-hybridized carbons (Fsp3) is 0.407. The second kappa shape index (κ2) is 14.6. The molecule has 11 heteroatoms. The van der Waals surface area contributed by atoms with E-state index in [1.165, 1.54) is 23.1 Å². The minimum atomic E-state index is -1.56. The van der Waals surface area contributed by atoms with Gasteiger partial charge in [0.25, 0.3) is 5.91 Å². The highest BCUT2D eigenvalue weighted by atomic mass is 35.5. The molecule has 0 saturated carbocycles. The molecule has 38 heavy (non-hydrogen) atoms. The van der Waals surface area contributed by atoms with Crippen LogP contribution in [0.2, 0.25) is 10.0 Å². The number of aliphatic hydroxyl groups excluding tert-OH is 3. The summed E-state index contributed by atoms with van der Waals surface area (Å²) >= 11 is 12.1. The first kappa shape index (κ1) is 30.0. The molecular formula is C27H31Cl2FN2O6. The summed E-state index contributed by atoms with van der Waals surface area (Å²) in [5, 5.41) is 32.0. The average molecular weight is 569 g/mol. The molecule has 206 valence electrons. The number of benzene rings is 2. The molecule has 3 rings (SSSR count). The Labute approximate surface area is 230 Å². The zero-order valence-corrected chi connectivity index (χ0v) is 22.2. The van der Waals surface area contributed by atoms with Crippen LogP contribution in [0.25, 0.3) is 6.08 Å². The Kier molecular flexibility index (Phi) is 11.5. The number of halogens is 3. The molecule has 1 saturated heterocycles. The van der Waals surface area contributed by atoms with Crippen molar-refractivity contribution in [2.45, 2.75) is 31.2 Å². The maximum Gasteiger partial charge on any atom is 0.254 e. The first-order valence-corrected chi connectivity index (χ1v) is 13.0. The minimum Gasteiger partial charge on any atom is -0.388 e. The van der Waals surface area contributed by atoms with Gasteiger partial charge in [-0.15, -0.1) is 0 Å². The number of amides is 2. The quantitative estimate of drug-likeness (QED) is 0.491. The molecule has 2 aromatic carbocycles. The maximum atomic E-state index is 13.4. The summed E-state index contributed by atoms with van der Waals surface area (Å²) < 4.78 is 18.8. The Balaban J connectivity index is 1.81. The van der Waals surface area contributed by atoms with Gasteiger partial charge in [0.05, 0.1) is 6.61 Å². The number of rotatable bonds is 3. The molecule has 3 N–H and O–H groups in total. The molecular weight excluding hydrogens is 538 g/mol. The topological polar surface area (TPSA) is 111 Å². The highest BCUT2D eigenvalue weighted by molar-refractivity contribution is 6.35. The van der Waals surface area contributed by atoms with Crippen LogP contribution in [0.1, 0.15) is 28.8 Å². The third kappa shape index (κ3) is 8.76. The van der Waals surface area contributed by atoms with Crippen LogP contribution in [0.3, 0.4) is 0 Å². The third-order valence-electron chi connectivity index (χ3n) is 6.15. The summed E-state index contributed by atoms with van der Waals surface area (Å²) in [7, 11) is 0. The Bertz CT molecular complexity index is 1120. The van der Waals surface area contributed by atoms with Crippen LogP contribution in [0, 0.1) is 5.82 Å². The van der Waals surface area contributed by atoms with Crippen LogP contribution in [-0.4, -0.2) is 94.6 Å². The van der Waals surface area contributed by atoms with Gasteiger partial charge in [0.15, 0.2) is 0 Å². The second-order valence-corrected chi connectivity index (χ2v) is 9.83. The van der Waals surface area contributed by atoms with Crippen LogP contribution < -0.4 is 0 Å². The van der Waals surface area contributed by atoms with Crippen LogP contribution in [0.4, 0.5) is 4.39 Å². The van der Waals surface area contributed by atoms with Gasteiger partial charge in [-0.3, -0.25) is 9.59 Å². The van der Waals surface area contributed by atoms with Gasteiger partial charge in [0.1, 0.15) is 24.1 Å². The fourth-order valence-electron chi connectivity index (χ4n) is 3.93. The van der Waals surface area contributed by atoms with Crippen LogP contribution >= 0.6 is 23.2 Å². The lowest BCUT2D eigenvalue weighted by Crippen LogP contribution is -2.49. The van der Waals surface area contributed by atoms with Crippen molar-refractivity contribution < 1.29 is 34.0 Å². The number of ether oxygens (including phenoxy) is 1. The lowest BCUT2D eigenvalue weighted by Gasteiger charge is -2.32. The van der Waals surface area contributed by atoms with E-state index in [1.54, 1.807) is 29.2 Å². The van der Waals surface area contributed by atoms with E-state index >= 15 is 0 Å². The summed E-state index contributed by atoms with van der Waals surface area (Å²) in [4.78, 5) is 29.2. The van der Waals surface area contributed by atoms with Crippen LogP contribution in [0.5, 0.6) is 0 Å². The van der Waals surface area contributed by atoms with Gasteiger partial charge >= 0.3 is 0 Å². The van der Waals surface area contributed by atoms with E-state index < -0.39 is 30.0 Å². The van der Waals surface area contributed by atoms with E-state index in [0.29, 0.717) is 41.6 Å². The van der Waals surface area contributed by atoms with Crippen LogP contribution in [0.15, 0.2) is 48.5 Å². The summed E-state index contributed by atoms with van der Waals surface area (Å²) in [5.41, 5.74) is 0.789. The highest BCUT2D eigenvalue weighted by Gasteiger charge is 2.29. The van der Waals surface area contributed by atoms with E-state index in [1.807, 2.05) is 0 Å². The molecule has 2 amide bonds. The van der Waals surface area contributed by atoms with Crippen molar-refractivity contribution >= 4 is 41.1 Å². The van der Waals surface area contributed by atoms with Crippen molar-refractivity contribution in [3.63, 3.8) is 0 Å². The molecule has 0 aromatic heterocycles. The predicted molar refractivity (Wildman–Crippen MR) is 142 cm³/mol. The third-order valence-corrected chi connectivity index (χ3v) is 6.71. The van der Waals surface area contributed by atoms with E-state index in [4.69, 9.17) is 27.9 Å². The molecule has 8 nitrogen and oxygen atoms in total. The highest BCUT2D eigenvalue weighted by Crippen LogP contribution is 2.22. The minimum absolute atomic E-state index is 0.0217. The van der Waals surface area contributed by atoms with Gasteiger partial charge < -0.3 is 29.9 Å². The molecule has 0 spiro atoms. The van der Waals surface area contributed by atoms with Crippen LogP contribution in [-0.2, 0) is 9.53 Å². The smallest absolute Gasteiger partial charge is 0.254 e. The van der Waals surface area contributed by atoms with E-state index in [9.17, 15) is 29.3 Å². The molecule has 0 bridgehead atoms. The normalized spacial score (nSPS) is 22.3.